The van der Waals surface area contributed by atoms with Crippen LogP contribution in [0.25, 0.3) is 0 Å². The van der Waals surface area contributed by atoms with Crippen LogP contribution in [0.4, 0.5) is 0 Å². The molecular weight excluding hydrogens is 120 g/mol. The molecular formula is C10H18. The van der Waals surface area contributed by atoms with Gasteiger partial charge in [0, 0.05) is 0 Å². The molecule has 2 atom stereocenters. The first-order valence-electron chi connectivity index (χ1n) is 4.43. The highest BCUT2D eigenvalue weighted by molar-refractivity contribution is 5.11. The zero-order chi connectivity index (χ0) is 7.56. The van der Waals surface area contributed by atoms with Crippen molar-refractivity contribution < 1.29 is 0 Å². The maximum atomic E-state index is 2.41. The van der Waals surface area contributed by atoms with Crippen molar-refractivity contribution in [2.24, 2.45) is 11.8 Å². The average Bonchev–Trinajstić information content (AvgIpc) is 2.13. The average molecular weight is 138 g/mol. The summed E-state index contributed by atoms with van der Waals surface area (Å²) in [6.07, 6.45) is 6.39. The largest absolute Gasteiger partial charge is 0.0853 e. The molecule has 1 rings (SSSR count). The maximum absolute atomic E-state index is 2.41. The molecule has 0 spiro atoms. The normalized spacial score (nSPS) is 37.3. The van der Waals surface area contributed by atoms with Crippen molar-refractivity contribution in [1.82, 2.24) is 0 Å². The van der Waals surface area contributed by atoms with E-state index >= 15 is 0 Å². The van der Waals surface area contributed by atoms with Crippen LogP contribution in [0.2, 0.25) is 0 Å². The second kappa shape index (κ2) is 3.23. The predicted octanol–water partition coefficient (Wildman–Crippen LogP) is 3.39. The third-order valence-electron chi connectivity index (χ3n) is 2.44. The highest BCUT2D eigenvalue weighted by Crippen LogP contribution is 2.35. The van der Waals surface area contributed by atoms with Crippen LogP contribution in [0, 0.1) is 11.8 Å². The smallest absolute Gasteiger partial charge is 0.0229 e. The first kappa shape index (κ1) is 7.84. The third-order valence-corrected chi connectivity index (χ3v) is 2.44. The van der Waals surface area contributed by atoms with Gasteiger partial charge in [0.25, 0.3) is 0 Å². The Labute approximate surface area is 64.3 Å². The van der Waals surface area contributed by atoms with Gasteiger partial charge in [-0.15, -0.1) is 0 Å². The van der Waals surface area contributed by atoms with Crippen molar-refractivity contribution >= 4 is 0 Å². The van der Waals surface area contributed by atoms with Crippen LogP contribution in [0.1, 0.15) is 40.0 Å². The van der Waals surface area contributed by atoms with Gasteiger partial charge in [-0.3, -0.25) is 0 Å². The summed E-state index contributed by atoms with van der Waals surface area (Å²) >= 11 is 0. The van der Waals surface area contributed by atoms with E-state index in [1.54, 1.807) is 5.57 Å². The van der Waals surface area contributed by atoms with Gasteiger partial charge in [-0.25, -0.2) is 0 Å². The van der Waals surface area contributed by atoms with Crippen molar-refractivity contribution in [3.8, 4) is 0 Å². The van der Waals surface area contributed by atoms with Gasteiger partial charge in [0.05, 0.1) is 0 Å². The summed E-state index contributed by atoms with van der Waals surface area (Å²) in [6.45, 7) is 6.93. The molecule has 0 heteroatoms. The fourth-order valence-electron chi connectivity index (χ4n) is 1.99. The number of allylic oxidation sites excluding steroid dienone is 2. The molecule has 1 fully saturated rings. The predicted molar refractivity (Wildman–Crippen MR) is 45.9 cm³/mol. The monoisotopic (exact) mass is 138 g/mol. The summed E-state index contributed by atoms with van der Waals surface area (Å²) in [5.74, 6) is 1.81. The Balaban J connectivity index is 2.54. The number of hydrogen-bond donors (Lipinski definition) is 0. The fraction of sp³-hybridized carbons (Fsp3) is 0.800. The summed E-state index contributed by atoms with van der Waals surface area (Å²) in [7, 11) is 0. The van der Waals surface area contributed by atoms with E-state index in [-0.39, 0.29) is 0 Å². The Morgan fingerprint density at radius 1 is 1.50 bits per heavy atom. The Hall–Kier alpha value is -0.260. The molecule has 0 N–H and O–H groups in total. The first-order chi connectivity index (χ1) is 4.74. The maximum Gasteiger partial charge on any atom is -0.0229 e. The molecule has 2 unspecified atom stereocenters. The standard InChI is InChI=1S/C10H18/c1-4-5-10-7-8(2)6-9(10)3/h5,8-9H,4,6-7H2,1-3H3. The lowest BCUT2D eigenvalue weighted by molar-refractivity contribution is 0.563. The lowest BCUT2D eigenvalue weighted by Crippen LogP contribution is -1.87. The minimum Gasteiger partial charge on any atom is -0.0853 e. The molecule has 0 amide bonds. The molecule has 0 radical (unpaired) electrons. The van der Waals surface area contributed by atoms with Crippen LogP contribution >= 0.6 is 0 Å². The molecule has 0 bridgehead atoms. The van der Waals surface area contributed by atoms with E-state index in [9.17, 15) is 0 Å². The van der Waals surface area contributed by atoms with E-state index in [4.69, 9.17) is 0 Å². The van der Waals surface area contributed by atoms with Gasteiger partial charge in [-0.05, 0) is 31.1 Å². The zero-order valence-electron chi connectivity index (χ0n) is 7.35. The topological polar surface area (TPSA) is 0 Å². The third kappa shape index (κ3) is 1.62. The van der Waals surface area contributed by atoms with Gasteiger partial charge in [0.2, 0.25) is 0 Å². The second-order valence-corrected chi connectivity index (χ2v) is 3.63. The summed E-state index contributed by atoms with van der Waals surface area (Å²) in [5, 5.41) is 0. The Bertz CT molecular complexity index is 133. The summed E-state index contributed by atoms with van der Waals surface area (Å²) in [5.41, 5.74) is 1.70. The van der Waals surface area contributed by atoms with Crippen molar-refractivity contribution in [3.63, 3.8) is 0 Å². The molecule has 58 valence electrons. The molecule has 10 heavy (non-hydrogen) atoms. The van der Waals surface area contributed by atoms with E-state index in [0.717, 1.165) is 11.8 Å². The van der Waals surface area contributed by atoms with Gasteiger partial charge < -0.3 is 0 Å². The molecule has 0 heterocycles. The van der Waals surface area contributed by atoms with Gasteiger partial charge in [-0.1, -0.05) is 32.4 Å². The Morgan fingerprint density at radius 2 is 2.20 bits per heavy atom. The summed E-state index contributed by atoms with van der Waals surface area (Å²) in [6, 6.07) is 0. The summed E-state index contributed by atoms with van der Waals surface area (Å²) < 4.78 is 0. The van der Waals surface area contributed by atoms with Crippen LogP contribution < -0.4 is 0 Å². The molecule has 0 aromatic carbocycles. The van der Waals surface area contributed by atoms with Crippen molar-refractivity contribution in [2.45, 2.75) is 40.0 Å². The van der Waals surface area contributed by atoms with E-state index in [0.29, 0.717) is 0 Å². The van der Waals surface area contributed by atoms with Crippen LogP contribution in [-0.2, 0) is 0 Å². The lowest BCUT2D eigenvalue weighted by atomic mass is 10.0. The minimum absolute atomic E-state index is 0.870. The molecule has 0 aromatic rings. The van der Waals surface area contributed by atoms with Gasteiger partial charge >= 0.3 is 0 Å². The Kier molecular flexibility index (Phi) is 2.53. The van der Waals surface area contributed by atoms with Crippen LogP contribution in [-0.4, -0.2) is 0 Å². The van der Waals surface area contributed by atoms with Crippen LogP contribution in [0.3, 0.4) is 0 Å². The molecule has 1 saturated carbocycles. The molecule has 0 aliphatic heterocycles. The fourth-order valence-corrected chi connectivity index (χ4v) is 1.99. The van der Waals surface area contributed by atoms with Crippen molar-refractivity contribution in [3.05, 3.63) is 11.6 Å². The van der Waals surface area contributed by atoms with Crippen molar-refractivity contribution in [2.75, 3.05) is 0 Å². The minimum atomic E-state index is 0.870. The van der Waals surface area contributed by atoms with Crippen molar-refractivity contribution in [1.29, 1.82) is 0 Å². The van der Waals surface area contributed by atoms with Gasteiger partial charge in [0.15, 0.2) is 0 Å². The second-order valence-electron chi connectivity index (χ2n) is 3.63. The lowest BCUT2D eigenvalue weighted by Gasteiger charge is -2.01. The summed E-state index contributed by atoms with van der Waals surface area (Å²) in [4.78, 5) is 0. The van der Waals surface area contributed by atoms with E-state index in [1.807, 2.05) is 0 Å². The SMILES string of the molecule is CCC=C1CC(C)CC1C. The van der Waals surface area contributed by atoms with E-state index < -0.39 is 0 Å². The number of rotatable bonds is 1. The first-order valence-corrected chi connectivity index (χ1v) is 4.43. The molecule has 1 aliphatic carbocycles. The highest BCUT2D eigenvalue weighted by atomic mass is 14.3. The van der Waals surface area contributed by atoms with E-state index in [2.05, 4.69) is 26.8 Å². The highest BCUT2D eigenvalue weighted by Gasteiger charge is 2.21. The van der Waals surface area contributed by atoms with E-state index in [1.165, 1.54) is 19.3 Å². The molecule has 0 aromatic heterocycles. The molecule has 1 aliphatic rings. The molecule has 0 saturated heterocycles. The quantitative estimate of drug-likeness (QED) is 0.487. The van der Waals surface area contributed by atoms with Crippen LogP contribution in [0.15, 0.2) is 11.6 Å². The number of hydrogen-bond acceptors (Lipinski definition) is 0. The van der Waals surface area contributed by atoms with Gasteiger partial charge in [-0.2, -0.15) is 0 Å². The zero-order valence-corrected chi connectivity index (χ0v) is 7.35. The van der Waals surface area contributed by atoms with Gasteiger partial charge in [0.1, 0.15) is 0 Å². The molecule has 0 nitrogen and oxygen atoms in total. The van der Waals surface area contributed by atoms with Crippen LogP contribution in [0.5, 0.6) is 0 Å². The Morgan fingerprint density at radius 3 is 2.60 bits per heavy atom.